The summed E-state index contributed by atoms with van der Waals surface area (Å²) in [4.78, 5) is 5.17. The number of aryl methyl sites for hydroxylation is 1. The molecule has 0 aromatic heterocycles. The van der Waals surface area contributed by atoms with Gasteiger partial charge in [0, 0.05) is 5.56 Å². The van der Waals surface area contributed by atoms with Crippen LogP contribution < -0.4 is 0 Å². The molecule has 1 saturated heterocycles. The first kappa shape index (κ1) is 13.2. The molecule has 0 spiro atoms. The van der Waals surface area contributed by atoms with Crippen molar-refractivity contribution in [1.82, 2.24) is 4.47 Å². The van der Waals surface area contributed by atoms with Crippen LogP contribution in [0.15, 0.2) is 53.4 Å². The molecule has 1 fully saturated rings. The molecule has 0 saturated carbocycles. The molecule has 20 heavy (non-hydrogen) atoms. The molecule has 1 aliphatic rings. The van der Waals surface area contributed by atoms with E-state index in [-0.39, 0.29) is 10.5 Å². The molecule has 3 rings (SSSR count). The second kappa shape index (κ2) is 4.66. The third-order valence-electron chi connectivity index (χ3n) is 3.08. The van der Waals surface area contributed by atoms with Crippen molar-refractivity contribution in [2.45, 2.75) is 18.0 Å². The lowest BCUT2D eigenvalue weighted by molar-refractivity contribution is 0.282. The highest BCUT2D eigenvalue weighted by Crippen LogP contribution is 2.42. The van der Waals surface area contributed by atoms with Crippen molar-refractivity contribution < 1.29 is 17.6 Å². The molecular formula is C14H12FNO3S. The van der Waals surface area contributed by atoms with Gasteiger partial charge < -0.3 is 0 Å². The molecular weight excluding hydrogens is 281 g/mol. The smallest absolute Gasteiger partial charge is 0.253 e. The summed E-state index contributed by atoms with van der Waals surface area (Å²) < 4.78 is 39.0. The van der Waals surface area contributed by atoms with Crippen molar-refractivity contribution in [3.05, 3.63) is 65.5 Å². The van der Waals surface area contributed by atoms with Crippen molar-refractivity contribution in [3.63, 3.8) is 0 Å². The largest absolute Gasteiger partial charge is 0.267 e. The number of halogens is 1. The van der Waals surface area contributed by atoms with Gasteiger partial charge in [0.2, 0.25) is 0 Å². The number of benzene rings is 2. The average molecular weight is 293 g/mol. The van der Waals surface area contributed by atoms with Crippen LogP contribution in [0.5, 0.6) is 0 Å². The van der Waals surface area contributed by atoms with E-state index in [1.54, 1.807) is 24.3 Å². The second-order valence-electron chi connectivity index (χ2n) is 4.55. The number of nitrogens with zero attached hydrogens (tertiary/aromatic N) is 1. The second-order valence-corrected chi connectivity index (χ2v) is 6.33. The Kier molecular flexibility index (Phi) is 3.08. The fraction of sp³-hybridized carbons (Fsp3) is 0.143. The van der Waals surface area contributed by atoms with Gasteiger partial charge in [0.05, 0.1) is 4.90 Å². The normalized spacial score (nSPS) is 21.7. The molecule has 6 heteroatoms. The zero-order chi connectivity index (χ0) is 14.3. The summed E-state index contributed by atoms with van der Waals surface area (Å²) in [6.07, 6.45) is -0.887. The summed E-state index contributed by atoms with van der Waals surface area (Å²) in [6, 6.07) is 12.4. The summed E-state index contributed by atoms with van der Waals surface area (Å²) in [5.74, 6) is -0.487. The Morgan fingerprint density at radius 1 is 1.10 bits per heavy atom. The molecule has 2 aromatic rings. The number of sulfonamides is 1. The first-order chi connectivity index (χ1) is 9.50. The average Bonchev–Trinajstić information content (AvgIpc) is 3.20. The Bertz CT molecular complexity index is 743. The van der Waals surface area contributed by atoms with Gasteiger partial charge in [0.25, 0.3) is 10.0 Å². The van der Waals surface area contributed by atoms with Gasteiger partial charge in [-0.15, -0.1) is 0 Å². The first-order valence-corrected chi connectivity index (χ1v) is 7.46. The highest BCUT2D eigenvalue weighted by Gasteiger charge is 2.49. The predicted octanol–water partition coefficient (Wildman–Crippen LogP) is 2.77. The summed E-state index contributed by atoms with van der Waals surface area (Å²) in [5.41, 5.74) is 1.17. The molecule has 1 aliphatic heterocycles. The van der Waals surface area contributed by atoms with Gasteiger partial charge in [-0.25, -0.2) is 12.8 Å². The van der Waals surface area contributed by atoms with Crippen LogP contribution in [-0.4, -0.2) is 12.9 Å². The van der Waals surface area contributed by atoms with E-state index in [9.17, 15) is 12.8 Å². The standard InChI is InChI=1S/C14H12FNO3S/c1-10-6-8-11(9-7-10)20(17,18)16-14(19-16)12-4-2-3-5-13(12)15/h2-9,14H,1H3/t14-,16?/m0/s1. The highest BCUT2D eigenvalue weighted by atomic mass is 32.2. The van der Waals surface area contributed by atoms with Crippen molar-refractivity contribution in [2.24, 2.45) is 0 Å². The first-order valence-electron chi connectivity index (χ1n) is 6.02. The summed E-state index contributed by atoms with van der Waals surface area (Å²) in [6.45, 7) is 1.87. The van der Waals surface area contributed by atoms with E-state index < -0.39 is 22.1 Å². The van der Waals surface area contributed by atoms with Crippen LogP contribution in [0.3, 0.4) is 0 Å². The third-order valence-corrected chi connectivity index (χ3v) is 4.70. The SMILES string of the molecule is Cc1ccc(S(=O)(=O)N2O[C@H]2c2ccccc2F)cc1. The van der Waals surface area contributed by atoms with E-state index in [1.165, 1.54) is 24.3 Å². The van der Waals surface area contributed by atoms with Gasteiger partial charge in [-0.3, -0.25) is 4.84 Å². The fourth-order valence-corrected chi connectivity index (χ4v) is 3.16. The van der Waals surface area contributed by atoms with E-state index in [0.717, 1.165) is 10.0 Å². The van der Waals surface area contributed by atoms with Gasteiger partial charge in [0.15, 0.2) is 6.23 Å². The minimum absolute atomic E-state index is 0.127. The van der Waals surface area contributed by atoms with E-state index in [2.05, 4.69) is 0 Å². The monoisotopic (exact) mass is 293 g/mol. The Balaban J connectivity index is 1.89. The van der Waals surface area contributed by atoms with Gasteiger partial charge in [0.1, 0.15) is 5.82 Å². The molecule has 0 N–H and O–H groups in total. The lowest BCUT2D eigenvalue weighted by atomic mass is 10.2. The number of hydrogen-bond acceptors (Lipinski definition) is 3. The number of hydrogen-bond donors (Lipinski definition) is 0. The molecule has 0 radical (unpaired) electrons. The number of rotatable bonds is 3. The van der Waals surface area contributed by atoms with Crippen LogP contribution in [0.2, 0.25) is 0 Å². The molecule has 1 unspecified atom stereocenters. The van der Waals surface area contributed by atoms with Crippen molar-refractivity contribution in [2.75, 3.05) is 0 Å². The van der Waals surface area contributed by atoms with Crippen LogP contribution in [0.4, 0.5) is 4.39 Å². The van der Waals surface area contributed by atoms with Gasteiger partial charge in [-0.05, 0) is 29.6 Å². The minimum atomic E-state index is -3.75. The minimum Gasteiger partial charge on any atom is -0.253 e. The van der Waals surface area contributed by atoms with Crippen molar-refractivity contribution in [1.29, 1.82) is 0 Å². The van der Waals surface area contributed by atoms with Gasteiger partial charge >= 0.3 is 0 Å². The molecule has 0 bridgehead atoms. The Morgan fingerprint density at radius 3 is 2.40 bits per heavy atom. The zero-order valence-corrected chi connectivity index (χ0v) is 11.5. The molecule has 1 heterocycles. The fourth-order valence-electron chi connectivity index (χ4n) is 1.91. The van der Waals surface area contributed by atoms with Crippen LogP contribution >= 0.6 is 0 Å². The number of hydroxylamine groups is 1. The van der Waals surface area contributed by atoms with Crippen LogP contribution in [-0.2, 0) is 14.9 Å². The van der Waals surface area contributed by atoms with Gasteiger partial charge in [-0.1, -0.05) is 35.9 Å². The van der Waals surface area contributed by atoms with E-state index in [0.29, 0.717) is 0 Å². The molecule has 104 valence electrons. The maximum atomic E-state index is 13.6. The van der Waals surface area contributed by atoms with Gasteiger partial charge in [-0.2, -0.15) is 0 Å². The zero-order valence-electron chi connectivity index (χ0n) is 10.7. The maximum Gasteiger partial charge on any atom is 0.267 e. The summed E-state index contributed by atoms with van der Waals surface area (Å²) in [7, 11) is -3.75. The lowest BCUT2D eigenvalue weighted by Crippen LogP contribution is -2.12. The highest BCUT2D eigenvalue weighted by molar-refractivity contribution is 7.89. The predicted molar refractivity (Wildman–Crippen MR) is 70.4 cm³/mol. The Morgan fingerprint density at radius 2 is 1.75 bits per heavy atom. The quantitative estimate of drug-likeness (QED) is 0.818. The maximum absolute atomic E-state index is 13.6. The lowest BCUT2D eigenvalue weighted by Gasteiger charge is -2.03. The molecule has 0 aliphatic carbocycles. The Labute approximate surface area is 116 Å². The molecule has 2 aromatic carbocycles. The van der Waals surface area contributed by atoms with E-state index >= 15 is 0 Å². The topological polar surface area (TPSA) is 49.7 Å². The molecule has 4 nitrogen and oxygen atoms in total. The van der Waals surface area contributed by atoms with Crippen LogP contribution in [0.1, 0.15) is 17.4 Å². The van der Waals surface area contributed by atoms with Crippen LogP contribution in [0.25, 0.3) is 0 Å². The third kappa shape index (κ3) is 2.22. The van der Waals surface area contributed by atoms with Crippen molar-refractivity contribution in [3.8, 4) is 0 Å². The molecule has 2 atom stereocenters. The van der Waals surface area contributed by atoms with E-state index in [4.69, 9.17) is 4.84 Å². The molecule has 0 amide bonds. The van der Waals surface area contributed by atoms with Crippen molar-refractivity contribution >= 4 is 10.0 Å². The van der Waals surface area contributed by atoms with Crippen LogP contribution in [0, 0.1) is 12.7 Å². The van der Waals surface area contributed by atoms with E-state index in [1.807, 2.05) is 6.92 Å². The summed E-state index contributed by atoms with van der Waals surface area (Å²) >= 11 is 0. The Hall–Kier alpha value is -1.76. The summed E-state index contributed by atoms with van der Waals surface area (Å²) in [5, 5.41) is 0.